The van der Waals surface area contributed by atoms with E-state index in [0.29, 0.717) is 18.1 Å². The van der Waals surface area contributed by atoms with E-state index in [1.165, 1.54) is 0 Å². The number of aromatic nitrogens is 1. The van der Waals surface area contributed by atoms with Gasteiger partial charge in [0.15, 0.2) is 0 Å². The molecule has 0 aliphatic rings. The van der Waals surface area contributed by atoms with Crippen LogP contribution in [0.15, 0.2) is 42.5 Å². The van der Waals surface area contributed by atoms with Crippen molar-refractivity contribution in [3.8, 4) is 0 Å². The van der Waals surface area contributed by atoms with Crippen molar-refractivity contribution in [1.29, 1.82) is 0 Å². The number of benzene rings is 1. The lowest BCUT2D eigenvalue weighted by atomic mass is 10.1. The van der Waals surface area contributed by atoms with Gasteiger partial charge in [0.05, 0.1) is 0 Å². The van der Waals surface area contributed by atoms with Gasteiger partial charge < -0.3 is 11.1 Å². The Bertz CT molecular complexity index is 566. The molecule has 0 saturated carbocycles. The van der Waals surface area contributed by atoms with Crippen molar-refractivity contribution in [2.24, 2.45) is 0 Å². The first-order valence-corrected chi connectivity index (χ1v) is 5.72. The van der Waals surface area contributed by atoms with E-state index in [-0.39, 0.29) is 5.91 Å². The third kappa shape index (κ3) is 2.85. The Morgan fingerprint density at radius 1 is 1.22 bits per heavy atom. The molecule has 92 valence electrons. The van der Waals surface area contributed by atoms with E-state index in [1.54, 1.807) is 18.2 Å². The molecule has 0 aliphatic carbocycles. The van der Waals surface area contributed by atoms with Gasteiger partial charge in [-0.1, -0.05) is 30.3 Å². The molecule has 2 rings (SSSR count). The molecule has 0 aliphatic heterocycles. The average molecular weight is 241 g/mol. The van der Waals surface area contributed by atoms with E-state index in [0.717, 1.165) is 11.1 Å². The molecule has 4 heteroatoms. The largest absolute Gasteiger partial charge is 0.384 e. The lowest BCUT2D eigenvalue weighted by Gasteiger charge is -2.07. The van der Waals surface area contributed by atoms with Crippen molar-refractivity contribution in [3.63, 3.8) is 0 Å². The second kappa shape index (κ2) is 5.31. The Balaban J connectivity index is 2.03. The van der Waals surface area contributed by atoms with Crippen molar-refractivity contribution in [3.05, 3.63) is 59.3 Å². The fourth-order valence-corrected chi connectivity index (χ4v) is 1.65. The number of anilines is 1. The zero-order valence-electron chi connectivity index (χ0n) is 10.2. The Hall–Kier alpha value is -2.36. The van der Waals surface area contributed by atoms with Gasteiger partial charge in [0.1, 0.15) is 11.5 Å². The van der Waals surface area contributed by atoms with E-state index in [2.05, 4.69) is 10.3 Å². The molecule has 0 atom stereocenters. The standard InChI is InChI=1S/C14H15N3O/c1-10-5-2-3-6-11(10)9-16-14(18)12-7-4-8-13(15)17-12/h2-8H,9H2,1H3,(H2,15,17)(H,16,18). The van der Waals surface area contributed by atoms with Crippen molar-refractivity contribution < 1.29 is 4.79 Å². The first-order chi connectivity index (χ1) is 8.66. The molecule has 0 bridgehead atoms. The predicted octanol–water partition coefficient (Wildman–Crippen LogP) is 1.90. The van der Waals surface area contributed by atoms with Crippen LogP contribution in [-0.4, -0.2) is 10.9 Å². The maximum absolute atomic E-state index is 11.9. The van der Waals surface area contributed by atoms with Crippen LogP contribution in [0, 0.1) is 6.92 Å². The van der Waals surface area contributed by atoms with Gasteiger partial charge in [-0.15, -0.1) is 0 Å². The van der Waals surface area contributed by atoms with Crippen LogP contribution in [0.25, 0.3) is 0 Å². The van der Waals surface area contributed by atoms with Crippen molar-refractivity contribution in [2.75, 3.05) is 5.73 Å². The van der Waals surface area contributed by atoms with E-state index < -0.39 is 0 Å². The number of pyridine rings is 1. The lowest BCUT2D eigenvalue weighted by Crippen LogP contribution is -2.24. The molecule has 0 unspecified atom stereocenters. The number of carbonyl (C=O) groups is 1. The van der Waals surface area contributed by atoms with Gasteiger partial charge >= 0.3 is 0 Å². The summed E-state index contributed by atoms with van der Waals surface area (Å²) in [6, 6.07) is 12.9. The first-order valence-electron chi connectivity index (χ1n) is 5.72. The van der Waals surface area contributed by atoms with Crippen LogP contribution in [0.5, 0.6) is 0 Å². The number of hydrogen-bond acceptors (Lipinski definition) is 3. The summed E-state index contributed by atoms with van der Waals surface area (Å²) < 4.78 is 0. The molecule has 0 spiro atoms. The Labute approximate surface area is 106 Å². The number of nitrogen functional groups attached to an aromatic ring is 1. The minimum atomic E-state index is -0.217. The van der Waals surface area contributed by atoms with E-state index in [4.69, 9.17) is 5.73 Å². The highest BCUT2D eigenvalue weighted by atomic mass is 16.1. The third-order valence-electron chi connectivity index (χ3n) is 2.70. The molecule has 1 amide bonds. The smallest absolute Gasteiger partial charge is 0.270 e. The van der Waals surface area contributed by atoms with Crippen LogP contribution >= 0.6 is 0 Å². The van der Waals surface area contributed by atoms with Gasteiger partial charge in [0.2, 0.25) is 0 Å². The van der Waals surface area contributed by atoms with Crippen LogP contribution in [0.4, 0.5) is 5.82 Å². The SMILES string of the molecule is Cc1ccccc1CNC(=O)c1cccc(N)n1. The third-order valence-corrected chi connectivity index (χ3v) is 2.70. The van der Waals surface area contributed by atoms with Crippen molar-refractivity contribution in [1.82, 2.24) is 10.3 Å². The second-order valence-electron chi connectivity index (χ2n) is 4.06. The molecule has 1 aromatic carbocycles. The van der Waals surface area contributed by atoms with Gasteiger partial charge in [0.25, 0.3) is 5.91 Å². The number of nitrogens with one attached hydrogen (secondary N) is 1. The number of nitrogens with two attached hydrogens (primary N) is 1. The highest BCUT2D eigenvalue weighted by Gasteiger charge is 2.07. The molecule has 3 N–H and O–H groups in total. The number of aryl methyl sites for hydroxylation is 1. The van der Waals surface area contributed by atoms with Gasteiger partial charge in [-0.3, -0.25) is 4.79 Å². The Morgan fingerprint density at radius 3 is 2.72 bits per heavy atom. The van der Waals surface area contributed by atoms with Gasteiger partial charge in [-0.05, 0) is 30.2 Å². The Kier molecular flexibility index (Phi) is 3.57. The maximum Gasteiger partial charge on any atom is 0.270 e. The average Bonchev–Trinajstić information content (AvgIpc) is 2.37. The zero-order chi connectivity index (χ0) is 13.0. The Morgan fingerprint density at radius 2 is 2.00 bits per heavy atom. The van der Waals surface area contributed by atoms with E-state index >= 15 is 0 Å². The highest BCUT2D eigenvalue weighted by Crippen LogP contribution is 2.07. The highest BCUT2D eigenvalue weighted by molar-refractivity contribution is 5.92. The molecule has 2 aromatic rings. The first kappa shape index (κ1) is 12.1. The topological polar surface area (TPSA) is 68.0 Å². The van der Waals surface area contributed by atoms with Crippen molar-refractivity contribution >= 4 is 11.7 Å². The molecular weight excluding hydrogens is 226 g/mol. The predicted molar refractivity (Wildman–Crippen MR) is 71.0 cm³/mol. The molecule has 1 aromatic heterocycles. The number of hydrogen-bond donors (Lipinski definition) is 2. The molecule has 0 radical (unpaired) electrons. The summed E-state index contributed by atoms with van der Waals surface area (Å²) >= 11 is 0. The second-order valence-corrected chi connectivity index (χ2v) is 4.06. The molecule has 1 heterocycles. The van der Waals surface area contributed by atoms with Gasteiger partial charge in [-0.25, -0.2) is 4.98 Å². The maximum atomic E-state index is 11.9. The van der Waals surface area contributed by atoms with Crippen LogP contribution in [0.3, 0.4) is 0 Å². The molecule has 0 saturated heterocycles. The number of rotatable bonds is 3. The summed E-state index contributed by atoms with van der Waals surface area (Å²) in [5, 5.41) is 2.83. The fourth-order valence-electron chi connectivity index (χ4n) is 1.65. The summed E-state index contributed by atoms with van der Waals surface area (Å²) in [5.74, 6) is 0.129. The summed E-state index contributed by atoms with van der Waals surface area (Å²) in [6.07, 6.45) is 0. The van der Waals surface area contributed by atoms with Crippen molar-refractivity contribution in [2.45, 2.75) is 13.5 Å². The summed E-state index contributed by atoms with van der Waals surface area (Å²) in [4.78, 5) is 15.8. The zero-order valence-corrected chi connectivity index (χ0v) is 10.2. The van der Waals surface area contributed by atoms with Crippen LogP contribution in [0.1, 0.15) is 21.6 Å². The summed E-state index contributed by atoms with van der Waals surface area (Å²) in [6.45, 7) is 2.50. The normalized spacial score (nSPS) is 10.1. The summed E-state index contributed by atoms with van der Waals surface area (Å²) in [5.41, 5.74) is 8.12. The number of carbonyl (C=O) groups excluding carboxylic acids is 1. The molecule has 0 fully saturated rings. The quantitative estimate of drug-likeness (QED) is 0.862. The molecule has 4 nitrogen and oxygen atoms in total. The number of nitrogens with zero attached hydrogens (tertiary/aromatic N) is 1. The fraction of sp³-hybridized carbons (Fsp3) is 0.143. The monoisotopic (exact) mass is 241 g/mol. The molecular formula is C14H15N3O. The van der Waals surface area contributed by atoms with Crippen LogP contribution in [-0.2, 0) is 6.54 Å². The van der Waals surface area contributed by atoms with Crippen LogP contribution in [0.2, 0.25) is 0 Å². The van der Waals surface area contributed by atoms with E-state index in [9.17, 15) is 4.79 Å². The minimum Gasteiger partial charge on any atom is -0.384 e. The number of amides is 1. The van der Waals surface area contributed by atoms with Gasteiger partial charge in [-0.2, -0.15) is 0 Å². The van der Waals surface area contributed by atoms with E-state index in [1.807, 2.05) is 31.2 Å². The van der Waals surface area contributed by atoms with Crippen LogP contribution < -0.4 is 11.1 Å². The lowest BCUT2D eigenvalue weighted by molar-refractivity contribution is 0.0946. The summed E-state index contributed by atoms with van der Waals surface area (Å²) in [7, 11) is 0. The minimum absolute atomic E-state index is 0.217. The van der Waals surface area contributed by atoms with Gasteiger partial charge in [0, 0.05) is 6.54 Å². The molecule has 18 heavy (non-hydrogen) atoms.